The lowest BCUT2D eigenvalue weighted by Gasteiger charge is -2.17. The zero-order valence-corrected chi connectivity index (χ0v) is 11.6. The third-order valence-electron chi connectivity index (χ3n) is 3.11. The number of carbonyl (C=O) groups is 1. The molecular weight excluding hydrogens is 238 g/mol. The van der Waals surface area contributed by atoms with Crippen LogP contribution in [0.3, 0.4) is 0 Å². The minimum absolute atomic E-state index is 0.0505. The predicted octanol–water partition coefficient (Wildman–Crippen LogP) is 2.02. The van der Waals surface area contributed by atoms with Crippen molar-refractivity contribution in [2.24, 2.45) is 7.05 Å². The number of para-hydroxylation sites is 1. The lowest BCUT2D eigenvalue weighted by atomic mass is 10.1. The van der Waals surface area contributed by atoms with E-state index >= 15 is 0 Å². The van der Waals surface area contributed by atoms with E-state index in [1.165, 1.54) is 0 Å². The third-order valence-corrected chi connectivity index (χ3v) is 3.11. The number of hydrogen-bond donors (Lipinski definition) is 1. The minimum atomic E-state index is -0.0505. The minimum Gasteiger partial charge on any atom is -0.377 e. The Morgan fingerprint density at radius 3 is 2.58 bits per heavy atom. The van der Waals surface area contributed by atoms with Gasteiger partial charge in [0.1, 0.15) is 0 Å². The van der Waals surface area contributed by atoms with Crippen LogP contribution < -0.4 is 10.2 Å². The summed E-state index contributed by atoms with van der Waals surface area (Å²) in [5.41, 5.74) is 2.70. The molecule has 0 unspecified atom stereocenters. The number of anilines is 1. The highest BCUT2D eigenvalue weighted by molar-refractivity contribution is 5.99. The quantitative estimate of drug-likeness (QED) is 0.910. The summed E-state index contributed by atoms with van der Waals surface area (Å²) in [6.07, 6.45) is 1.97. The van der Waals surface area contributed by atoms with Crippen molar-refractivity contribution in [2.75, 3.05) is 19.0 Å². The third kappa shape index (κ3) is 2.96. The molecule has 0 fully saturated rings. The van der Waals surface area contributed by atoms with Crippen LogP contribution in [0.4, 0.5) is 5.69 Å². The molecule has 0 saturated carbocycles. The van der Waals surface area contributed by atoms with E-state index in [1.807, 2.05) is 73.2 Å². The Hall–Kier alpha value is -2.23. The molecule has 4 heteroatoms. The molecule has 1 N–H and O–H groups in total. The van der Waals surface area contributed by atoms with Crippen LogP contribution in [0.2, 0.25) is 0 Å². The first-order valence-corrected chi connectivity index (χ1v) is 6.24. The van der Waals surface area contributed by atoms with Crippen molar-refractivity contribution in [1.82, 2.24) is 9.88 Å². The Kier molecular flexibility index (Phi) is 3.90. The summed E-state index contributed by atoms with van der Waals surface area (Å²) in [6.45, 7) is 0.532. The average molecular weight is 257 g/mol. The molecule has 0 saturated heterocycles. The van der Waals surface area contributed by atoms with E-state index in [9.17, 15) is 4.79 Å². The second-order valence-corrected chi connectivity index (χ2v) is 4.70. The fraction of sp³-hybridized carbons (Fsp3) is 0.267. The van der Waals surface area contributed by atoms with Crippen LogP contribution in [0, 0.1) is 0 Å². The lowest BCUT2D eigenvalue weighted by Crippen LogP contribution is -2.26. The summed E-state index contributed by atoms with van der Waals surface area (Å²) in [5.74, 6) is -0.0505. The van der Waals surface area contributed by atoms with Crippen molar-refractivity contribution < 1.29 is 4.79 Å². The van der Waals surface area contributed by atoms with E-state index in [2.05, 4.69) is 5.32 Å². The highest BCUT2D eigenvalue weighted by atomic mass is 16.1. The Balaban J connectivity index is 2.10. The van der Waals surface area contributed by atoms with Crippen LogP contribution in [0.1, 0.15) is 16.1 Å². The summed E-state index contributed by atoms with van der Waals surface area (Å²) in [5, 5.41) is 2.95. The maximum Gasteiger partial charge on any atom is 0.253 e. The molecule has 2 aromatic rings. The fourth-order valence-electron chi connectivity index (χ4n) is 2.00. The summed E-state index contributed by atoms with van der Waals surface area (Å²) in [4.78, 5) is 14.2. The normalized spacial score (nSPS) is 10.3. The van der Waals surface area contributed by atoms with Crippen LogP contribution in [0.15, 0.2) is 42.6 Å². The molecule has 19 heavy (non-hydrogen) atoms. The second kappa shape index (κ2) is 5.61. The predicted molar refractivity (Wildman–Crippen MR) is 77.4 cm³/mol. The number of nitrogens with zero attached hydrogens (tertiary/aromatic N) is 2. The molecule has 0 aliphatic carbocycles. The van der Waals surface area contributed by atoms with Gasteiger partial charge >= 0.3 is 0 Å². The van der Waals surface area contributed by atoms with Crippen molar-refractivity contribution in [3.8, 4) is 0 Å². The van der Waals surface area contributed by atoms with Crippen LogP contribution in [-0.4, -0.2) is 24.6 Å². The number of nitrogens with one attached hydrogen (secondary N) is 1. The maximum atomic E-state index is 12.2. The number of aromatic nitrogens is 1. The standard InChI is InChI=1S/C15H19N3O/c1-17(2)14-9-5-4-8-13(14)15(19)16-11-12-7-6-10-18(12)3/h4-10H,11H2,1-3H3,(H,16,19). The van der Waals surface area contributed by atoms with Gasteiger partial charge in [0.2, 0.25) is 0 Å². The van der Waals surface area contributed by atoms with Crippen LogP contribution in [0.5, 0.6) is 0 Å². The van der Waals surface area contributed by atoms with Crippen LogP contribution in [0.25, 0.3) is 0 Å². The van der Waals surface area contributed by atoms with E-state index in [-0.39, 0.29) is 5.91 Å². The van der Waals surface area contributed by atoms with Gasteiger partial charge in [-0.3, -0.25) is 4.79 Å². The highest BCUT2D eigenvalue weighted by Crippen LogP contribution is 2.17. The maximum absolute atomic E-state index is 12.2. The topological polar surface area (TPSA) is 37.3 Å². The number of rotatable bonds is 4. The number of hydrogen-bond acceptors (Lipinski definition) is 2. The van der Waals surface area contributed by atoms with E-state index in [0.717, 1.165) is 11.4 Å². The fourth-order valence-corrected chi connectivity index (χ4v) is 2.00. The van der Waals surface area contributed by atoms with Crippen molar-refractivity contribution in [1.29, 1.82) is 0 Å². The van der Waals surface area contributed by atoms with E-state index in [1.54, 1.807) is 0 Å². The monoisotopic (exact) mass is 257 g/mol. The van der Waals surface area contributed by atoms with Gasteiger partial charge in [-0.2, -0.15) is 0 Å². The van der Waals surface area contributed by atoms with Gasteiger partial charge in [0, 0.05) is 38.7 Å². The Bertz CT molecular complexity index is 572. The molecule has 0 aliphatic rings. The molecular formula is C15H19N3O. The molecule has 0 atom stereocenters. The molecule has 1 aromatic carbocycles. The first-order chi connectivity index (χ1) is 9.09. The SMILES string of the molecule is CN(C)c1ccccc1C(=O)NCc1cccn1C. The molecule has 0 radical (unpaired) electrons. The van der Waals surface area contributed by atoms with Gasteiger partial charge in [0.05, 0.1) is 12.1 Å². The zero-order chi connectivity index (χ0) is 13.8. The molecule has 2 rings (SSSR count). The van der Waals surface area contributed by atoms with Gasteiger partial charge in [-0.15, -0.1) is 0 Å². The first kappa shape index (κ1) is 13.2. The van der Waals surface area contributed by atoms with Gasteiger partial charge < -0.3 is 14.8 Å². The largest absolute Gasteiger partial charge is 0.377 e. The Labute approximate surface area is 113 Å². The van der Waals surface area contributed by atoms with Gasteiger partial charge in [0.25, 0.3) is 5.91 Å². The molecule has 4 nitrogen and oxygen atoms in total. The Morgan fingerprint density at radius 2 is 1.95 bits per heavy atom. The molecule has 1 aromatic heterocycles. The summed E-state index contributed by atoms with van der Waals surface area (Å²) < 4.78 is 2.00. The molecule has 0 spiro atoms. The van der Waals surface area contributed by atoms with E-state index in [0.29, 0.717) is 12.1 Å². The van der Waals surface area contributed by atoms with Crippen molar-refractivity contribution in [2.45, 2.75) is 6.54 Å². The van der Waals surface area contributed by atoms with Gasteiger partial charge in [0.15, 0.2) is 0 Å². The number of aryl methyl sites for hydroxylation is 1. The van der Waals surface area contributed by atoms with Crippen molar-refractivity contribution in [3.63, 3.8) is 0 Å². The van der Waals surface area contributed by atoms with E-state index < -0.39 is 0 Å². The highest BCUT2D eigenvalue weighted by Gasteiger charge is 2.12. The van der Waals surface area contributed by atoms with Crippen molar-refractivity contribution in [3.05, 3.63) is 53.9 Å². The summed E-state index contributed by atoms with van der Waals surface area (Å²) >= 11 is 0. The van der Waals surface area contributed by atoms with Crippen LogP contribution in [-0.2, 0) is 13.6 Å². The number of amides is 1. The van der Waals surface area contributed by atoms with Crippen molar-refractivity contribution >= 4 is 11.6 Å². The second-order valence-electron chi connectivity index (χ2n) is 4.70. The van der Waals surface area contributed by atoms with Gasteiger partial charge in [-0.05, 0) is 24.3 Å². The van der Waals surface area contributed by atoms with Crippen LogP contribution >= 0.6 is 0 Å². The first-order valence-electron chi connectivity index (χ1n) is 6.24. The molecule has 1 amide bonds. The van der Waals surface area contributed by atoms with Gasteiger partial charge in [-0.1, -0.05) is 12.1 Å². The zero-order valence-electron chi connectivity index (χ0n) is 11.6. The number of carbonyl (C=O) groups excluding carboxylic acids is 1. The molecule has 0 aliphatic heterocycles. The lowest BCUT2D eigenvalue weighted by molar-refractivity contribution is 0.0950. The van der Waals surface area contributed by atoms with E-state index in [4.69, 9.17) is 0 Å². The summed E-state index contributed by atoms with van der Waals surface area (Å²) in [7, 11) is 5.84. The van der Waals surface area contributed by atoms with Gasteiger partial charge in [-0.25, -0.2) is 0 Å². The molecule has 100 valence electrons. The average Bonchev–Trinajstić information content (AvgIpc) is 2.81. The number of benzene rings is 1. The smallest absolute Gasteiger partial charge is 0.253 e. The summed E-state index contributed by atoms with van der Waals surface area (Å²) in [6, 6.07) is 11.6. The molecule has 0 bridgehead atoms. The Morgan fingerprint density at radius 1 is 1.21 bits per heavy atom. The molecule has 1 heterocycles.